The average Bonchev–Trinajstić information content (AvgIpc) is 3.57. The van der Waals surface area contributed by atoms with Gasteiger partial charge in [-0.2, -0.15) is 0 Å². The number of benzene rings is 2. The number of hydrogen-bond donors (Lipinski definition) is 2. The van der Waals surface area contributed by atoms with E-state index in [1.165, 1.54) is 25.0 Å². The van der Waals surface area contributed by atoms with Gasteiger partial charge >= 0.3 is 0 Å². The van der Waals surface area contributed by atoms with Crippen molar-refractivity contribution in [1.82, 2.24) is 15.2 Å². The Morgan fingerprint density at radius 2 is 2.06 bits per heavy atom. The molecule has 1 atom stereocenters. The zero-order chi connectivity index (χ0) is 23.2. The lowest BCUT2D eigenvalue weighted by Gasteiger charge is -2.37. The van der Waals surface area contributed by atoms with E-state index in [2.05, 4.69) is 15.2 Å². The second kappa shape index (κ2) is 8.69. The number of hydrogen-bond acceptors (Lipinski definition) is 3. The maximum absolute atomic E-state index is 14.8. The van der Waals surface area contributed by atoms with Crippen molar-refractivity contribution in [3.63, 3.8) is 0 Å². The van der Waals surface area contributed by atoms with Crippen molar-refractivity contribution in [2.75, 3.05) is 26.2 Å². The van der Waals surface area contributed by atoms with Gasteiger partial charge in [-0.1, -0.05) is 0 Å². The maximum Gasteiger partial charge on any atom is 0.251 e. The predicted molar refractivity (Wildman–Crippen MR) is 126 cm³/mol. The molecule has 3 aliphatic rings. The van der Waals surface area contributed by atoms with Gasteiger partial charge in [-0.25, -0.2) is 8.78 Å². The lowest BCUT2D eigenvalue weighted by molar-refractivity contribution is 0.0928. The summed E-state index contributed by atoms with van der Waals surface area (Å²) >= 11 is 0. The van der Waals surface area contributed by atoms with Gasteiger partial charge in [0.15, 0.2) is 11.6 Å². The van der Waals surface area contributed by atoms with Crippen molar-refractivity contribution in [3.05, 3.63) is 64.4 Å². The van der Waals surface area contributed by atoms with Gasteiger partial charge in [0.2, 0.25) is 0 Å². The Bertz CT molecular complexity index is 1250. The van der Waals surface area contributed by atoms with Crippen LogP contribution in [-0.2, 0) is 19.3 Å². The first-order valence-electron chi connectivity index (χ1n) is 12.3. The molecule has 3 aromatic rings. The van der Waals surface area contributed by atoms with Crippen molar-refractivity contribution >= 4 is 16.8 Å². The van der Waals surface area contributed by atoms with E-state index in [0.717, 1.165) is 53.5 Å². The number of rotatable bonds is 7. The highest BCUT2D eigenvalue weighted by atomic mass is 19.1. The molecule has 2 aromatic carbocycles. The molecular formula is C27H29F2N3O2. The Balaban J connectivity index is 1.20. The summed E-state index contributed by atoms with van der Waals surface area (Å²) in [5, 5.41) is 3.84. The molecule has 2 N–H and O–H groups in total. The third-order valence-electron chi connectivity index (χ3n) is 7.51. The van der Waals surface area contributed by atoms with Crippen molar-refractivity contribution < 1.29 is 18.3 Å². The van der Waals surface area contributed by atoms with Crippen molar-refractivity contribution in [3.8, 4) is 5.75 Å². The highest BCUT2D eigenvalue weighted by Crippen LogP contribution is 2.37. The Hall–Kier alpha value is -2.93. The molecule has 1 aromatic heterocycles. The third-order valence-corrected chi connectivity index (χ3v) is 7.51. The van der Waals surface area contributed by atoms with Crippen LogP contribution in [0.3, 0.4) is 0 Å². The van der Waals surface area contributed by atoms with Crippen LogP contribution in [-0.4, -0.2) is 48.1 Å². The first-order chi connectivity index (χ1) is 16.6. The number of H-pyrrole nitrogens is 1. The van der Waals surface area contributed by atoms with Crippen LogP contribution in [0.4, 0.5) is 8.78 Å². The van der Waals surface area contributed by atoms with E-state index in [1.54, 1.807) is 12.1 Å². The van der Waals surface area contributed by atoms with E-state index in [1.807, 2.05) is 6.20 Å². The second-order valence-corrected chi connectivity index (χ2v) is 9.92. The van der Waals surface area contributed by atoms with Crippen LogP contribution >= 0.6 is 0 Å². The second-order valence-electron chi connectivity index (χ2n) is 9.92. The smallest absolute Gasteiger partial charge is 0.251 e. The van der Waals surface area contributed by atoms with Crippen molar-refractivity contribution in [2.45, 2.75) is 44.6 Å². The fourth-order valence-corrected chi connectivity index (χ4v) is 5.57. The lowest BCUT2D eigenvalue weighted by Crippen LogP contribution is -2.46. The zero-order valence-electron chi connectivity index (χ0n) is 19.1. The van der Waals surface area contributed by atoms with Gasteiger partial charge in [-0.15, -0.1) is 0 Å². The summed E-state index contributed by atoms with van der Waals surface area (Å²) < 4.78 is 34.4. The Kier molecular flexibility index (Phi) is 5.52. The molecule has 2 aliphatic heterocycles. The molecule has 6 rings (SSSR count). The number of fused-ring (bicyclic) bond motifs is 4. The van der Waals surface area contributed by atoms with Crippen LogP contribution in [0.25, 0.3) is 10.9 Å². The van der Waals surface area contributed by atoms with E-state index in [9.17, 15) is 13.6 Å². The number of carbonyl (C=O) groups is 1. The molecule has 1 saturated carbocycles. The molecule has 1 amide bonds. The van der Waals surface area contributed by atoms with E-state index in [-0.39, 0.29) is 29.3 Å². The van der Waals surface area contributed by atoms with Gasteiger partial charge in [-0.3, -0.25) is 9.69 Å². The SMILES string of the molecule is O=C1NCCc2cc(F)c3c(c21)CC(N(CCCc1c[nH]c2ccc(F)cc12)CC1CC1)CO3. The minimum atomic E-state index is -0.359. The molecule has 7 heteroatoms. The van der Waals surface area contributed by atoms with Crippen molar-refractivity contribution in [2.24, 2.45) is 5.92 Å². The molecule has 0 radical (unpaired) electrons. The highest BCUT2D eigenvalue weighted by molar-refractivity contribution is 5.99. The van der Waals surface area contributed by atoms with Gasteiger partial charge in [0.25, 0.3) is 5.91 Å². The molecule has 0 spiro atoms. The summed E-state index contributed by atoms with van der Waals surface area (Å²) in [6, 6.07) is 6.43. The van der Waals surface area contributed by atoms with Crippen LogP contribution < -0.4 is 10.1 Å². The first kappa shape index (κ1) is 21.6. The highest BCUT2D eigenvalue weighted by Gasteiger charge is 2.35. The molecule has 1 unspecified atom stereocenters. The number of aryl methyl sites for hydroxylation is 1. The minimum Gasteiger partial charge on any atom is -0.489 e. The summed E-state index contributed by atoms with van der Waals surface area (Å²) in [7, 11) is 0. The van der Waals surface area contributed by atoms with Crippen molar-refractivity contribution in [1.29, 1.82) is 0 Å². The van der Waals surface area contributed by atoms with E-state index in [4.69, 9.17) is 4.74 Å². The molecule has 1 aliphatic carbocycles. The zero-order valence-corrected chi connectivity index (χ0v) is 19.1. The third kappa shape index (κ3) is 4.06. The molecule has 3 heterocycles. The first-order valence-corrected chi connectivity index (χ1v) is 12.3. The summed E-state index contributed by atoms with van der Waals surface area (Å²) in [6.45, 7) is 2.84. The van der Waals surface area contributed by atoms with Crippen LogP contribution in [0, 0.1) is 17.6 Å². The van der Waals surface area contributed by atoms with Crippen LogP contribution in [0.15, 0.2) is 30.5 Å². The van der Waals surface area contributed by atoms with Gasteiger partial charge in [0, 0.05) is 47.4 Å². The predicted octanol–water partition coefficient (Wildman–Crippen LogP) is 4.38. The Labute approximate surface area is 197 Å². The number of aromatic nitrogens is 1. The molecule has 5 nitrogen and oxygen atoms in total. The van der Waals surface area contributed by atoms with Crippen LogP contribution in [0.2, 0.25) is 0 Å². The summed E-state index contributed by atoms with van der Waals surface area (Å²) in [4.78, 5) is 18.3. The van der Waals surface area contributed by atoms with Gasteiger partial charge in [-0.05, 0) is 86.4 Å². The van der Waals surface area contributed by atoms with E-state index in [0.29, 0.717) is 37.5 Å². The molecular weight excluding hydrogens is 436 g/mol. The number of ether oxygens (including phenoxy) is 1. The van der Waals surface area contributed by atoms with Gasteiger partial charge in [0.1, 0.15) is 12.4 Å². The standard InChI is InChI=1S/C27H29F2N3O2/c28-19-5-6-24-21(11-19)18(13-31-24)2-1-9-32(14-16-3-4-16)20-12-22-25-17(7-8-30-27(25)33)10-23(29)26(22)34-15-20/h5-6,10-11,13,16,20,31H,1-4,7-9,12,14-15H2,(H,30,33). The number of amides is 1. The van der Waals surface area contributed by atoms with E-state index < -0.39 is 0 Å². The van der Waals surface area contributed by atoms with Gasteiger partial charge in [0.05, 0.1) is 0 Å². The van der Waals surface area contributed by atoms with Crippen LogP contribution in [0.5, 0.6) is 5.75 Å². The Morgan fingerprint density at radius 1 is 1.18 bits per heavy atom. The van der Waals surface area contributed by atoms with Gasteiger partial charge < -0.3 is 15.0 Å². The molecule has 34 heavy (non-hydrogen) atoms. The van der Waals surface area contributed by atoms with E-state index >= 15 is 0 Å². The maximum atomic E-state index is 14.8. The normalized spacial score (nSPS) is 19.6. The summed E-state index contributed by atoms with van der Waals surface area (Å²) in [5.74, 6) is 0.248. The summed E-state index contributed by atoms with van der Waals surface area (Å²) in [6.07, 6.45) is 7.51. The number of aromatic amines is 1. The fraction of sp³-hybridized carbons (Fsp3) is 0.444. The lowest BCUT2D eigenvalue weighted by atomic mass is 9.89. The Morgan fingerprint density at radius 3 is 2.91 bits per heavy atom. The number of halogens is 2. The largest absolute Gasteiger partial charge is 0.489 e. The molecule has 1 fully saturated rings. The molecule has 178 valence electrons. The molecule has 0 saturated heterocycles. The van der Waals surface area contributed by atoms with Crippen LogP contribution in [0.1, 0.15) is 46.3 Å². The fourth-order valence-electron chi connectivity index (χ4n) is 5.57. The topological polar surface area (TPSA) is 57.4 Å². The summed E-state index contributed by atoms with van der Waals surface area (Å²) in [5.41, 5.74) is 4.19. The number of nitrogens with zero attached hydrogens (tertiary/aromatic N) is 1. The quantitative estimate of drug-likeness (QED) is 0.545. The monoisotopic (exact) mass is 465 g/mol. The average molecular weight is 466 g/mol. The number of nitrogens with one attached hydrogen (secondary N) is 2. The minimum absolute atomic E-state index is 0.106. The number of carbonyl (C=O) groups excluding carboxylic acids is 1. The molecule has 0 bridgehead atoms.